The Morgan fingerprint density at radius 2 is 2.23 bits per heavy atom. The Kier molecular flexibility index (Phi) is 3.03. The minimum atomic E-state index is -0.318. The number of amides is 1. The molecular weight excluding hydrogens is 168 g/mol. The summed E-state index contributed by atoms with van der Waals surface area (Å²) in [6.45, 7) is 4.47. The monoisotopic (exact) mass is 184 g/mol. The predicted molar refractivity (Wildman–Crippen MR) is 49.1 cm³/mol. The lowest BCUT2D eigenvalue weighted by Crippen LogP contribution is -2.59. The topological polar surface area (TPSA) is 63.4 Å². The van der Waals surface area contributed by atoms with Crippen molar-refractivity contribution in [3.63, 3.8) is 0 Å². The molecule has 1 rings (SSSR count). The Hall–Kier alpha value is -0.900. The summed E-state index contributed by atoms with van der Waals surface area (Å²) in [5, 5.41) is 0. The first-order chi connectivity index (χ1) is 6.07. The number of ketones is 1. The molecule has 0 spiro atoms. The molecule has 0 aromatic heterocycles. The fourth-order valence-corrected chi connectivity index (χ4v) is 1.66. The van der Waals surface area contributed by atoms with Crippen LogP contribution in [0, 0.1) is 0 Å². The van der Waals surface area contributed by atoms with Crippen LogP contribution in [0.1, 0.15) is 26.7 Å². The van der Waals surface area contributed by atoms with Crippen LogP contribution in [0.4, 0.5) is 0 Å². The van der Waals surface area contributed by atoms with Crippen LogP contribution in [0.15, 0.2) is 0 Å². The number of hydrogen-bond acceptors (Lipinski definition) is 3. The number of likely N-dealkylation sites (tertiary alicyclic amines) is 1. The summed E-state index contributed by atoms with van der Waals surface area (Å²) in [6.07, 6.45) is 1.31. The van der Waals surface area contributed by atoms with Gasteiger partial charge in [-0.05, 0) is 13.3 Å². The van der Waals surface area contributed by atoms with Gasteiger partial charge in [-0.2, -0.15) is 0 Å². The van der Waals surface area contributed by atoms with E-state index in [4.69, 9.17) is 5.73 Å². The summed E-state index contributed by atoms with van der Waals surface area (Å²) in [6, 6.07) is -0.373. The summed E-state index contributed by atoms with van der Waals surface area (Å²) in [5.74, 6) is -0.145. The molecule has 13 heavy (non-hydrogen) atoms. The number of carbonyl (C=O) groups excluding carboxylic acids is 2. The second kappa shape index (κ2) is 3.87. The van der Waals surface area contributed by atoms with Crippen LogP contribution < -0.4 is 5.73 Å². The van der Waals surface area contributed by atoms with Crippen molar-refractivity contribution in [2.75, 3.05) is 6.54 Å². The van der Waals surface area contributed by atoms with E-state index in [0.717, 1.165) is 13.0 Å². The first-order valence-corrected chi connectivity index (χ1v) is 4.65. The van der Waals surface area contributed by atoms with Crippen LogP contribution in [0.5, 0.6) is 0 Å². The predicted octanol–water partition coefficient (Wildman–Crippen LogP) is -0.0864. The lowest BCUT2D eigenvalue weighted by atomic mass is 9.97. The molecule has 1 saturated heterocycles. The van der Waals surface area contributed by atoms with Gasteiger partial charge in [-0.3, -0.25) is 14.5 Å². The molecule has 1 aliphatic heterocycles. The molecule has 1 amide bonds. The van der Waals surface area contributed by atoms with Crippen molar-refractivity contribution in [3.05, 3.63) is 0 Å². The van der Waals surface area contributed by atoms with Crippen molar-refractivity contribution in [1.82, 2.24) is 4.90 Å². The Bertz CT molecular complexity index is 228. The Labute approximate surface area is 78.1 Å². The molecule has 4 heteroatoms. The van der Waals surface area contributed by atoms with Crippen molar-refractivity contribution in [1.29, 1.82) is 0 Å². The van der Waals surface area contributed by atoms with Crippen LogP contribution >= 0.6 is 0 Å². The van der Waals surface area contributed by atoms with Gasteiger partial charge in [0, 0.05) is 13.0 Å². The van der Waals surface area contributed by atoms with Crippen molar-refractivity contribution in [3.8, 4) is 0 Å². The highest BCUT2D eigenvalue weighted by molar-refractivity contribution is 5.86. The maximum Gasteiger partial charge on any atom is 0.234 e. The largest absolute Gasteiger partial charge is 0.368 e. The van der Waals surface area contributed by atoms with E-state index in [2.05, 4.69) is 0 Å². The number of primary amides is 1. The van der Waals surface area contributed by atoms with Gasteiger partial charge < -0.3 is 5.73 Å². The van der Waals surface area contributed by atoms with E-state index in [0.29, 0.717) is 6.42 Å². The van der Waals surface area contributed by atoms with Crippen molar-refractivity contribution in [2.24, 2.45) is 5.73 Å². The Morgan fingerprint density at radius 1 is 1.62 bits per heavy atom. The highest BCUT2D eigenvalue weighted by Gasteiger charge is 2.37. The second-order valence-corrected chi connectivity index (χ2v) is 3.44. The normalized spacial score (nSPS) is 24.9. The maximum absolute atomic E-state index is 11.3. The van der Waals surface area contributed by atoms with Crippen LogP contribution in [-0.4, -0.2) is 35.2 Å². The second-order valence-electron chi connectivity index (χ2n) is 3.44. The van der Waals surface area contributed by atoms with Crippen LogP contribution in [0.3, 0.4) is 0 Å². The molecule has 2 N–H and O–H groups in total. The maximum atomic E-state index is 11.3. The summed E-state index contributed by atoms with van der Waals surface area (Å²) >= 11 is 0. The minimum absolute atomic E-state index is 0.156. The standard InChI is InChI=1S/C9H16N2O2/c1-3-8(12)6(2)11-5-4-7(11)9(10)13/h6-7H,3-5H2,1-2H3,(H2,10,13). The lowest BCUT2D eigenvalue weighted by Gasteiger charge is -2.42. The molecule has 4 nitrogen and oxygen atoms in total. The van der Waals surface area contributed by atoms with Gasteiger partial charge in [-0.15, -0.1) is 0 Å². The first-order valence-electron chi connectivity index (χ1n) is 4.65. The summed E-state index contributed by atoms with van der Waals surface area (Å²) < 4.78 is 0. The minimum Gasteiger partial charge on any atom is -0.368 e. The highest BCUT2D eigenvalue weighted by atomic mass is 16.2. The lowest BCUT2D eigenvalue weighted by molar-refractivity contribution is -0.134. The average Bonchev–Trinajstić information content (AvgIpc) is 1.99. The summed E-state index contributed by atoms with van der Waals surface area (Å²) in [5.41, 5.74) is 5.18. The van der Waals surface area contributed by atoms with Gasteiger partial charge in [0.2, 0.25) is 5.91 Å². The molecule has 1 heterocycles. The quantitative estimate of drug-likeness (QED) is 0.664. The van der Waals surface area contributed by atoms with E-state index in [-0.39, 0.29) is 23.8 Å². The van der Waals surface area contributed by atoms with Gasteiger partial charge in [0.05, 0.1) is 12.1 Å². The molecule has 0 aliphatic carbocycles. The van der Waals surface area contributed by atoms with Gasteiger partial charge in [0.25, 0.3) is 0 Å². The zero-order valence-electron chi connectivity index (χ0n) is 8.12. The number of rotatable bonds is 4. The van der Waals surface area contributed by atoms with Gasteiger partial charge in [0.1, 0.15) is 5.78 Å². The molecule has 0 bridgehead atoms. The zero-order valence-corrected chi connectivity index (χ0v) is 8.12. The van der Waals surface area contributed by atoms with Gasteiger partial charge in [-0.1, -0.05) is 6.92 Å². The highest BCUT2D eigenvalue weighted by Crippen LogP contribution is 2.20. The van der Waals surface area contributed by atoms with Crippen LogP contribution in [0.2, 0.25) is 0 Å². The van der Waals surface area contributed by atoms with Crippen molar-refractivity contribution >= 4 is 11.7 Å². The molecule has 0 saturated carbocycles. The molecular formula is C9H16N2O2. The number of nitrogens with zero attached hydrogens (tertiary/aromatic N) is 1. The SMILES string of the molecule is CCC(=O)C(C)N1CCC1C(N)=O. The third-order valence-electron chi connectivity index (χ3n) is 2.70. The van der Waals surface area contributed by atoms with Crippen LogP contribution in [-0.2, 0) is 9.59 Å². The summed E-state index contributed by atoms with van der Waals surface area (Å²) in [4.78, 5) is 24.1. The molecule has 0 aromatic rings. The molecule has 1 fully saturated rings. The van der Waals surface area contributed by atoms with E-state index in [9.17, 15) is 9.59 Å². The summed E-state index contributed by atoms with van der Waals surface area (Å²) in [7, 11) is 0. The van der Waals surface area contributed by atoms with E-state index < -0.39 is 0 Å². The van der Waals surface area contributed by atoms with E-state index in [1.54, 1.807) is 0 Å². The molecule has 0 aromatic carbocycles. The van der Waals surface area contributed by atoms with Gasteiger partial charge >= 0.3 is 0 Å². The van der Waals surface area contributed by atoms with E-state index in [1.807, 2.05) is 18.7 Å². The fourth-order valence-electron chi connectivity index (χ4n) is 1.66. The third kappa shape index (κ3) is 1.88. The Balaban J connectivity index is 2.53. The van der Waals surface area contributed by atoms with E-state index >= 15 is 0 Å². The molecule has 74 valence electrons. The average molecular weight is 184 g/mol. The van der Waals surface area contributed by atoms with E-state index in [1.165, 1.54) is 0 Å². The fraction of sp³-hybridized carbons (Fsp3) is 0.778. The number of Topliss-reactive ketones (excluding diaryl/α,β-unsaturated/α-hetero) is 1. The van der Waals surface area contributed by atoms with Crippen LogP contribution in [0.25, 0.3) is 0 Å². The molecule has 0 radical (unpaired) electrons. The van der Waals surface area contributed by atoms with Gasteiger partial charge in [0.15, 0.2) is 0 Å². The zero-order chi connectivity index (χ0) is 10.0. The smallest absolute Gasteiger partial charge is 0.234 e. The molecule has 1 aliphatic rings. The van der Waals surface area contributed by atoms with Crippen molar-refractivity contribution < 1.29 is 9.59 Å². The third-order valence-corrected chi connectivity index (χ3v) is 2.70. The number of hydrogen-bond donors (Lipinski definition) is 1. The first kappa shape index (κ1) is 10.2. The van der Waals surface area contributed by atoms with Gasteiger partial charge in [-0.25, -0.2) is 0 Å². The molecule has 2 atom stereocenters. The van der Waals surface area contributed by atoms with Crippen molar-refractivity contribution in [2.45, 2.75) is 38.8 Å². The number of carbonyl (C=O) groups is 2. The molecule has 2 unspecified atom stereocenters. The number of nitrogens with two attached hydrogens (primary N) is 1. The Morgan fingerprint density at radius 3 is 2.54 bits per heavy atom.